The first-order valence-corrected chi connectivity index (χ1v) is 7.49. The van der Waals surface area contributed by atoms with Crippen LogP contribution in [0.4, 0.5) is 4.79 Å². The Labute approximate surface area is 148 Å². The van der Waals surface area contributed by atoms with Gasteiger partial charge < -0.3 is 41.6 Å². The first-order valence-electron chi connectivity index (χ1n) is 7.49. The lowest BCUT2D eigenvalue weighted by molar-refractivity contribution is -0.141. The Kier molecular flexibility index (Phi) is 7.89. The van der Waals surface area contributed by atoms with Gasteiger partial charge in [0.05, 0.1) is 25.2 Å². The van der Waals surface area contributed by atoms with Gasteiger partial charge in [0, 0.05) is 7.11 Å². The fraction of sp³-hybridized carbons (Fsp3) is 0.615. The lowest BCUT2D eigenvalue weighted by Gasteiger charge is -2.19. The van der Waals surface area contributed by atoms with Crippen LogP contribution in [0, 0.1) is 0 Å². The van der Waals surface area contributed by atoms with E-state index in [0.717, 1.165) is 0 Å². The number of carboxylic acid groups (broad SMARTS) is 1. The number of nitrogens with zero attached hydrogens (tertiary/aromatic N) is 2. The number of aliphatic hydroxyl groups is 1. The second-order valence-corrected chi connectivity index (χ2v) is 5.45. The molecule has 146 valence electrons. The number of ether oxygens (including phenoxy) is 1. The third-order valence-electron chi connectivity index (χ3n) is 3.18. The fourth-order valence-electron chi connectivity index (χ4n) is 1.92. The summed E-state index contributed by atoms with van der Waals surface area (Å²) in [6, 6.07) is -4.35. The second kappa shape index (κ2) is 9.65. The van der Waals surface area contributed by atoms with Crippen LogP contribution in [-0.2, 0) is 14.3 Å². The van der Waals surface area contributed by atoms with Crippen LogP contribution in [0.1, 0.15) is 37.1 Å². The van der Waals surface area contributed by atoms with Gasteiger partial charge in [0.25, 0.3) is 0 Å². The molecule has 0 aliphatic heterocycles. The van der Waals surface area contributed by atoms with Gasteiger partial charge in [-0.3, -0.25) is 4.79 Å². The van der Waals surface area contributed by atoms with Gasteiger partial charge in [-0.2, -0.15) is 4.98 Å². The second-order valence-electron chi connectivity index (χ2n) is 5.45. The zero-order chi connectivity index (χ0) is 19.9. The van der Waals surface area contributed by atoms with Crippen molar-refractivity contribution in [2.24, 2.45) is 11.5 Å². The molecular formula is C13H22N6O7. The van der Waals surface area contributed by atoms with Crippen LogP contribution in [0.2, 0.25) is 0 Å². The zero-order valence-electron chi connectivity index (χ0n) is 14.2. The molecule has 1 heterocycles. The average molecular weight is 374 g/mol. The lowest BCUT2D eigenvalue weighted by atomic mass is 10.2. The molecule has 0 aliphatic rings. The van der Waals surface area contributed by atoms with Gasteiger partial charge in [0.2, 0.25) is 11.8 Å². The standard InChI is InChI=1S/C13H22N6O7/c1-5(20)9(12(22)23)17-13(24)16-7(3-8(15)21)11-18-10(19-26-11)6(14)4-25-2/h5-7,9,20H,3-4,14H2,1-2H3,(H2,15,21)(H,22,23)(H2,16,17,24). The number of rotatable bonds is 10. The van der Waals surface area contributed by atoms with Crippen LogP contribution in [0.5, 0.6) is 0 Å². The van der Waals surface area contributed by atoms with Crippen molar-refractivity contribution in [1.29, 1.82) is 0 Å². The normalized spacial score (nSPS) is 15.5. The van der Waals surface area contributed by atoms with Gasteiger partial charge in [-0.15, -0.1) is 0 Å². The highest BCUT2D eigenvalue weighted by Gasteiger charge is 2.29. The molecular weight excluding hydrogens is 352 g/mol. The van der Waals surface area contributed by atoms with E-state index in [4.69, 9.17) is 25.8 Å². The highest BCUT2D eigenvalue weighted by Crippen LogP contribution is 2.17. The van der Waals surface area contributed by atoms with Crippen molar-refractivity contribution in [1.82, 2.24) is 20.8 Å². The Bertz CT molecular complexity index is 634. The number of primary amides is 1. The molecule has 13 heteroatoms. The van der Waals surface area contributed by atoms with Crippen LogP contribution in [0.25, 0.3) is 0 Å². The number of hydrogen-bond acceptors (Lipinski definition) is 9. The number of aliphatic hydroxyl groups excluding tert-OH is 1. The third-order valence-corrected chi connectivity index (χ3v) is 3.18. The Morgan fingerprint density at radius 1 is 1.35 bits per heavy atom. The SMILES string of the molecule is COCC(N)c1noc(C(CC(N)=O)NC(=O)NC(C(=O)O)C(C)O)n1. The molecule has 13 nitrogen and oxygen atoms in total. The molecule has 0 bridgehead atoms. The van der Waals surface area contributed by atoms with Gasteiger partial charge in [-0.05, 0) is 6.92 Å². The molecule has 26 heavy (non-hydrogen) atoms. The number of aromatic nitrogens is 2. The highest BCUT2D eigenvalue weighted by atomic mass is 16.5. The van der Waals surface area contributed by atoms with Gasteiger partial charge >= 0.3 is 12.0 Å². The molecule has 0 radical (unpaired) electrons. The molecule has 3 amide bonds. The van der Waals surface area contributed by atoms with Crippen molar-refractivity contribution in [3.63, 3.8) is 0 Å². The number of hydrogen-bond donors (Lipinski definition) is 6. The van der Waals surface area contributed by atoms with Gasteiger partial charge in [0.15, 0.2) is 11.9 Å². The van der Waals surface area contributed by atoms with Crippen LogP contribution >= 0.6 is 0 Å². The van der Waals surface area contributed by atoms with E-state index in [0.29, 0.717) is 0 Å². The molecule has 4 atom stereocenters. The van der Waals surface area contributed by atoms with Crippen molar-refractivity contribution in [3.05, 3.63) is 11.7 Å². The van der Waals surface area contributed by atoms with Crippen LogP contribution < -0.4 is 22.1 Å². The van der Waals surface area contributed by atoms with E-state index in [1.165, 1.54) is 14.0 Å². The van der Waals surface area contributed by atoms with Gasteiger partial charge in [0.1, 0.15) is 6.04 Å². The van der Waals surface area contributed by atoms with Crippen LogP contribution in [0.3, 0.4) is 0 Å². The molecule has 0 aliphatic carbocycles. The average Bonchev–Trinajstić information content (AvgIpc) is 3.01. The smallest absolute Gasteiger partial charge is 0.328 e. The number of nitrogens with one attached hydrogen (secondary N) is 2. The van der Waals surface area contributed by atoms with Crippen molar-refractivity contribution in [3.8, 4) is 0 Å². The van der Waals surface area contributed by atoms with Crippen LogP contribution in [0.15, 0.2) is 4.52 Å². The van der Waals surface area contributed by atoms with Gasteiger partial charge in [-0.1, -0.05) is 5.16 Å². The first kappa shape index (κ1) is 21.3. The number of carbonyl (C=O) groups excluding carboxylic acids is 2. The molecule has 0 saturated heterocycles. The number of aliphatic carboxylic acids is 1. The maximum Gasteiger partial charge on any atom is 0.328 e. The zero-order valence-corrected chi connectivity index (χ0v) is 14.2. The molecule has 1 aromatic heterocycles. The minimum absolute atomic E-state index is 0.0888. The van der Waals surface area contributed by atoms with Crippen molar-refractivity contribution >= 4 is 17.9 Å². The monoisotopic (exact) mass is 374 g/mol. The summed E-state index contributed by atoms with van der Waals surface area (Å²) in [5.41, 5.74) is 10.9. The molecule has 0 aromatic carbocycles. The molecule has 0 saturated carbocycles. The Morgan fingerprint density at radius 3 is 2.50 bits per heavy atom. The quantitative estimate of drug-likeness (QED) is 0.259. The third kappa shape index (κ3) is 6.27. The largest absolute Gasteiger partial charge is 0.480 e. The summed E-state index contributed by atoms with van der Waals surface area (Å²) in [6.45, 7) is 1.31. The number of urea groups is 1. The molecule has 1 rings (SSSR count). The summed E-state index contributed by atoms with van der Waals surface area (Å²) < 4.78 is 9.85. The van der Waals surface area contributed by atoms with Crippen molar-refractivity contribution in [2.45, 2.75) is 37.6 Å². The molecule has 0 fully saturated rings. The Morgan fingerprint density at radius 2 is 2.00 bits per heavy atom. The number of amides is 3. The lowest BCUT2D eigenvalue weighted by Crippen LogP contribution is -2.52. The fourth-order valence-corrected chi connectivity index (χ4v) is 1.92. The summed E-state index contributed by atoms with van der Waals surface area (Å²) in [5.74, 6) is -2.27. The topological polar surface area (TPSA) is 216 Å². The van der Waals surface area contributed by atoms with Crippen molar-refractivity contribution in [2.75, 3.05) is 13.7 Å². The molecule has 0 spiro atoms. The van der Waals surface area contributed by atoms with Crippen LogP contribution in [-0.4, -0.2) is 64.1 Å². The minimum Gasteiger partial charge on any atom is -0.480 e. The molecule has 1 aromatic rings. The van der Waals surface area contributed by atoms with E-state index in [9.17, 15) is 19.5 Å². The van der Waals surface area contributed by atoms with E-state index < -0.39 is 42.1 Å². The number of methoxy groups -OCH3 is 1. The van der Waals surface area contributed by atoms with E-state index in [1.807, 2.05) is 0 Å². The maximum absolute atomic E-state index is 12.0. The highest BCUT2D eigenvalue weighted by molar-refractivity contribution is 5.83. The number of nitrogens with two attached hydrogens (primary N) is 2. The summed E-state index contributed by atoms with van der Waals surface area (Å²) in [4.78, 5) is 38.2. The maximum atomic E-state index is 12.0. The number of carboxylic acids is 1. The summed E-state index contributed by atoms with van der Waals surface area (Å²) in [6.07, 6.45) is -1.74. The van der Waals surface area contributed by atoms with Gasteiger partial charge in [-0.25, -0.2) is 9.59 Å². The Balaban J connectivity index is 2.89. The predicted molar refractivity (Wildman–Crippen MR) is 84.4 cm³/mol. The van der Waals surface area contributed by atoms with E-state index in [-0.39, 0.29) is 24.7 Å². The summed E-state index contributed by atoms with van der Waals surface area (Å²) in [7, 11) is 1.43. The van der Waals surface area contributed by atoms with E-state index >= 15 is 0 Å². The minimum atomic E-state index is -1.56. The first-order chi connectivity index (χ1) is 12.1. The summed E-state index contributed by atoms with van der Waals surface area (Å²) >= 11 is 0. The summed E-state index contributed by atoms with van der Waals surface area (Å²) in [5, 5.41) is 26.3. The Hall–Kier alpha value is -2.77. The van der Waals surface area contributed by atoms with E-state index in [2.05, 4.69) is 20.8 Å². The number of carbonyl (C=O) groups is 3. The molecule has 8 N–H and O–H groups in total. The van der Waals surface area contributed by atoms with Crippen molar-refractivity contribution < 1.29 is 33.9 Å². The predicted octanol–water partition coefficient (Wildman–Crippen LogP) is -2.23. The molecule has 4 unspecified atom stereocenters. The van der Waals surface area contributed by atoms with E-state index in [1.54, 1.807) is 0 Å².